The van der Waals surface area contributed by atoms with Crippen LogP contribution in [0.5, 0.6) is 11.5 Å². The SMILES string of the molecule is C=CC(=O)OCCCCOc1ccc(N=Nc2ccc(N=Nc3ccc(OCCCCOC(=O)C=C)cc3)cc2)cc1. The Morgan fingerprint density at radius 3 is 1.10 bits per heavy atom. The van der Waals surface area contributed by atoms with Gasteiger partial charge < -0.3 is 18.9 Å². The van der Waals surface area contributed by atoms with Gasteiger partial charge in [-0.2, -0.15) is 20.5 Å². The molecule has 10 heteroatoms. The van der Waals surface area contributed by atoms with Gasteiger partial charge in [0.2, 0.25) is 0 Å². The van der Waals surface area contributed by atoms with Crippen molar-refractivity contribution < 1.29 is 28.5 Å². The minimum Gasteiger partial charge on any atom is -0.494 e. The Morgan fingerprint density at radius 2 is 0.786 bits per heavy atom. The lowest BCUT2D eigenvalue weighted by atomic mass is 10.3. The predicted molar refractivity (Wildman–Crippen MR) is 159 cm³/mol. The molecular formula is C32H34N4O6. The molecule has 10 nitrogen and oxygen atoms in total. The number of hydrogen-bond donors (Lipinski definition) is 0. The van der Waals surface area contributed by atoms with Crippen molar-refractivity contribution in [1.29, 1.82) is 0 Å². The number of carbonyl (C=O) groups excluding carboxylic acids is 2. The summed E-state index contributed by atoms with van der Waals surface area (Å²) in [6, 6.07) is 21.9. The maximum Gasteiger partial charge on any atom is 0.330 e. The van der Waals surface area contributed by atoms with E-state index in [2.05, 4.69) is 33.6 Å². The molecule has 0 aliphatic heterocycles. The number of unbranched alkanes of at least 4 members (excludes halogenated alkanes) is 2. The summed E-state index contributed by atoms with van der Waals surface area (Å²) >= 11 is 0. The number of azo groups is 2. The van der Waals surface area contributed by atoms with E-state index in [1.165, 1.54) is 0 Å². The molecule has 218 valence electrons. The molecule has 3 aromatic rings. The Morgan fingerprint density at radius 1 is 0.500 bits per heavy atom. The molecule has 0 bridgehead atoms. The highest BCUT2D eigenvalue weighted by Crippen LogP contribution is 2.25. The molecule has 0 amide bonds. The van der Waals surface area contributed by atoms with Gasteiger partial charge in [-0.1, -0.05) is 13.2 Å². The predicted octanol–water partition coefficient (Wildman–Crippen LogP) is 8.29. The standard InChI is InChI=1S/C32H34N4O6/c1-3-31(37)41-23-7-5-21-39-29-17-13-27(14-18-29)35-33-25-9-11-26(12-10-25)34-36-28-15-19-30(20-16-28)40-22-6-8-24-42-32(38)4-2/h3-4,9-20H,1-2,5-8,21-24H2. The fourth-order valence-electron chi connectivity index (χ4n) is 3.29. The normalized spacial score (nSPS) is 10.9. The molecule has 3 rings (SSSR count). The highest BCUT2D eigenvalue weighted by Gasteiger charge is 2.00. The van der Waals surface area contributed by atoms with Crippen LogP contribution in [0.4, 0.5) is 22.7 Å². The van der Waals surface area contributed by atoms with Gasteiger partial charge in [0, 0.05) is 12.2 Å². The van der Waals surface area contributed by atoms with E-state index in [1.54, 1.807) is 0 Å². The number of carbonyl (C=O) groups is 2. The highest BCUT2D eigenvalue weighted by atomic mass is 16.5. The summed E-state index contributed by atoms with van der Waals surface area (Å²) in [5.74, 6) is 0.635. The van der Waals surface area contributed by atoms with Crippen LogP contribution in [0.1, 0.15) is 25.7 Å². The van der Waals surface area contributed by atoms with Crippen LogP contribution in [0.25, 0.3) is 0 Å². The summed E-state index contributed by atoms with van der Waals surface area (Å²) in [5, 5.41) is 17.1. The number of ether oxygens (including phenoxy) is 4. The van der Waals surface area contributed by atoms with Crippen LogP contribution in [-0.4, -0.2) is 38.4 Å². The number of rotatable bonds is 18. The molecule has 0 unspecified atom stereocenters. The van der Waals surface area contributed by atoms with Gasteiger partial charge in [0.25, 0.3) is 0 Å². The van der Waals surface area contributed by atoms with Crippen LogP contribution in [0.2, 0.25) is 0 Å². The molecule has 0 N–H and O–H groups in total. The van der Waals surface area contributed by atoms with Gasteiger partial charge >= 0.3 is 11.9 Å². The molecule has 42 heavy (non-hydrogen) atoms. The molecule has 0 saturated heterocycles. The Hall–Kier alpha value is -5.12. The minimum absolute atomic E-state index is 0.350. The average molecular weight is 571 g/mol. The van der Waals surface area contributed by atoms with Gasteiger partial charge in [0.05, 0.1) is 49.2 Å². The Bertz CT molecular complexity index is 1230. The molecule has 0 aliphatic rings. The van der Waals surface area contributed by atoms with Gasteiger partial charge in [-0.05, 0) is 98.5 Å². The smallest absolute Gasteiger partial charge is 0.330 e. The number of esters is 2. The first-order valence-corrected chi connectivity index (χ1v) is 13.5. The number of nitrogens with zero attached hydrogens (tertiary/aromatic N) is 4. The number of benzene rings is 3. The van der Waals surface area contributed by atoms with Crippen molar-refractivity contribution in [2.45, 2.75) is 25.7 Å². The van der Waals surface area contributed by atoms with Gasteiger partial charge in [0.15, 0.2) is 0 Å². The average Bonchev–Trinajstić information content (AvgIpc) is 3.03. The van der Waals surface area contributed by atoms with Crippen LogP contribution in [-0.2, 0) is 19.1 Å². The molecule has 3 aromatic carbocycles. The van der Waals surface area contributed by atoms with Crippen LogP contribution in [0.15, 0.2) is 119 Å². The van der Waals surface area contributed by atoms with E-state index in [-0.39, 0.29) is 0 Å². The molecule has 0 heterocycles. The third kappa shape index (κ3) is 12.4. The third-order valence-electron chi connectivity index (χ3n) is 5.52. The van der Waals surface area contributed by atoms with Crippen LogP contribution < -0.4 is 9.47 Å². The van der Waals surface area contributed by atoms with Crippen LogP contribution >= 0.6 is 0 Å². The molecule has 0 fully saturated rings. The van der Waals surface area contributed by atoms with Gasteiger partial charge in [-0.15, -0.1) is 0 Å². The first-order chi connectivity index (χ1) is 20.6. The monoisotopic (exact) mass is 570 g/mol. The summed E-state index contributed by atoms with van der Waals surface area (Å²) in [5.41, 5.74) is 2.77. The second-order valence-corrected chi connectivity index (χ2v) is 8.76. The first kappa shape index (κ1) is 31.4. The van der Waals surface area contributed by atoms with Crippen LogP contribution in [0, 0.1) is 0 Å². The van der Waals surface area contributed by atoms with Crippen LogP contribution in [0.3, 0.4) is 0 Å². The maximum absolute atomic E-state index is 11.0. The molecular weight excluding hydrogens is 536 g/mol. The minimum atomic E-state index is -0.414. The molecule has 0 aliphatic carbocycles. The fraction of sp³-hybridized carbons (Fsp3) is 0.250. The van der Waals surface area contributed by atoms with Gasteiger partial charge in [-0.3, -0.25) is 0 Å². The van der Waals surface area contributed by atoms with E-state index in [9.17, 15) is 9.59 Å². The van der Waals surface area contributed by atoms with Crippen molar-refractivity contribution in [2.24, 2.45) is 20.5 Å². The van der Waals surface area contributed by atoms with E-state index in [4.69, 9.17) is 18.9 Å². The van der Waals surface area contributed by atoms with Crippen molar-refractivity contribution in [1.82, 2.24) is 0 Å². The molecule has 0 radical (unpaired) electrons. The molecule has 0 spiro atoms. The Balaban J connectivity index is 1.36. The lowest BCUT2D eigenvalue weighted by Gasteiger charge is -2.06. The number of hydrogen-bond acceptors (Lipinski definition) is 10. The summed E-state index contributed by atoms with van der Waals surface area (Å²) in [7, 11) is 0. The van der Waals surface area contributed by atoms with Gasteiger partial charge in [0.1, 0.15) is 11.5 Å². The van der Waals surface area contributed by atoms with Crippen molar-refractivity contribution >= 4 is 34.7 Å². The summed E-state index contributed by atoms with van der Waals surface area (Å²) in [6.45, 7) is 8.46. The summed E-state index contributed by atoms with van der Waals surface area (Å²) in [4.78, 5) is 22.0. The zero-order valence-electron chi connectivity index (χ0n) is 23.4. The lowest BCUT2D eigenvalue weighted by molar-refractivity contribution is -0.138. The van der Waals surface area contributed by atoms with E-state index in [0.29, 0.717) is 49.2 Å². The second kappa shape index (κ2) is 18.3. The van der Waals surface area contributed by atoms with E-state index in [0.717, 1.165) is 49.3 Å². The topological polar surface area (TPSA) is 120 Å². The van der Waals surface area contributed by atoms with Crippen molar-refractivity contribution in [2.75, 3.05) is 26.4 Å². The van der Waals surface area contributed by atoms with E-state index < -0.39 is 11.9 Å². The van der Waals surface area contributed by atoms with E-state index in [1.807, 2.05) is 72.8 Å². The molecule has 0 atom stereocenters. The largest absolute Gasteiger partial charge is 0.494 e. The van der Waals surface area contributed by atoms with Crippen molar-refractivity contribution in [3.63, 3.8) is 0 Å². The molecule has 0 aromatic heterocycles. The Kier molecular flexibility index (Phi) is 13.7. The van der Waals surface area contributed by atoms with E-state index >= 15 is 0 Å². The third-order valence-corrected chi connectivity index (χ3v) is 5.52. The zero-order chi connectivity index (χ0) is 29.8. The summed E-state index contributed by atoms with van der Waals surface area (Å²) in [6.07, 6.45) is 5.27. The lowest BCUT2D eigenvalue weighted by Crippen LogP contribution is -2.04. The quantitative estimate of drug-likeness (QED) is 0.0656. The second-order valence-electron chi connectivity index (χ2n) is 8.76. The van der Waals surface area contributed by atoms with Gasteiger partial charge in [-0.25, -0.2) is 9.59 Å². The zero-order valence-corrected chi connectivity index (χ0v) is 23.4. The maximum atomic E-state index is 11.0. The Labute approximate surface area is 245 Å². The fourth-order valence-corrected chi connectivity index (χ4v) is 3.29. The highest BCUT2D eigenvalue weighted by molar-refractivity contribution is 5.81. The molecule has 0 saturated carbocycles. The van der Waals surface area contributed by atoms with Crippen molar-refractivity contribution in [3.8, 4) is 11.5 Å². The first-order valence-electron chi connectivity index (χ1n) is 13.5. The van der Waals surface area contributed by atoms with Crippen molar-refractivity contribution in [3.05, 3.63) is 98.1 Å². The summed E-state index contributed by atoms with van der Waals surface area (Å²) < 4.78 is 21.2.